The number of hydrogen-bond donors (Lipinski definition) is 1. The van der Waals surface area contributed by atoms with Crippen molar-refractivity contribution in [1.29, 1.82) is 0 Å². The van der Waals surface area contributed by atoms with Gasteiger partial charge in [0.05, 0.1) is 5.92 Å². The Morgan fingerprint density at radius 1 is 1.43 bits per heavy atom. The predicted molar refractivity (Wildman–Crippen MR) is 83.8 cm³/mol. The van der Waals surface area contributed by atoms with Gasteiger partial charge in [0.25, 0.3) is 0 Å². The van der Waals surface area contributed by atoms with Crippen molar-refractivity contribution >= 4 is 5.91 Å². The molecule has 0 aromatic carbocycles. The Balaban J connectivity index is 2.01. The van der Waals surface area contributed by atoms with Crippen molar-refractivity contribution < 1.29 is 4.79 Å². The molecule has 1 aliphatic rings. The number of hydrogen-bond acceptors (Lipinski definition) is 4. The first-order chi connectivity index (χ1) is 10.2. The third-order valence-electron chi connectivity index (χ3n) is 3.87. The maximum atomic E-state index is 12.8. The van der Waals surface area contributed by atoms with Crippen LogP contribution in [0.3, 0.4) is 0 Å². The van der Waals surface area contributed by atoms with Gasteiger partial charge >= 0.3 is 0 Å². The zero-order valence-corrected chi connectivity index (χ0v) is 13.1. The van der Waals surface area contributed by atoms with E-state index < -0.39 is 0 Å². The van der Waals surface area contributed by atoms with Crippen molar-refractivity contribution in [1.82, 2.24) is 20.1 Å². The lowest BCUT2D eigenvalue weighted by Crippen LogP contribution is -2.44. The summed E-state index contributed by atoms with van der Waals surface area (Å²) >= 11 is 0. The van der Waals surface area contributed by atoms with E-state index in [1.54, 1.807) is 6.20 Å². The maximum Gasteiger partial charge on any atom is 0.227 e. The van der Waals surface area contributed by atoms with Gasteiger partial charge in [-0.05, 0) is 45.1 Å². The molecule has 1 N–H and O–H groups in total. The van der Waals surface area contributed by atoms with Gasteiger partial charge in [0.15, 0.2) is 0 Å². The highest BCUT2D eigenvalue weighted by atomic mass is 16.2. The van der Waals surface area contributed by atoms with Crippen molar-refractivity contribution in [3.63, 3.8) is 0 Å². The first-order valence-electron chi connectivity index (χ1n) is 7.70. The standard InChI is InChI=1S/C16H26N4O/c1-19(2)9-10-20(13-14-5-3-7-17-11-14)16(21)15-6-4-8-18-12-15/h3,5,7,11,15,18H,4,6,8-10,12-13H2,1-2H3. The van der Waals surface area contributed by atoms with E-state index in [1.807, 2.05) is 37.3 Å². The molecule has 0 spiro atoms. The molecule has 0 bridgehead atoms. The third kappa shape index (κ3) is 5.10. The second-order valence-electron chi connectivity index (χ2n) is 5.97. The number of piperidine rings is 1. The smallest absolute Gasteiger partial charge is 0.227 e. The van der Waals surface area contributed by atoms with Crippen LogP contribution in [0.25, 0.3) is 0 Å². The minimum atomic E-state index is 0.123. The van der Waals surface area contributed by atoms with Crippen LogP contribution in [-0.2, 0) is 11.3 Å². The second kappa shape index (κ2) is 8.10. The van der Waals surface area contributed by atoms with Crippen LogP contribution in [0.4, 0.5) is 0 Å². The Hall–Kier alpha value is -1.46. The second-order valence-corrected chi connectivity index (χ2v) is 5.97. The molecule has 1 saturated heterocycles. The fraction of sp³-hybridized carbons (Fsp3) is 0.625. The third-order valence-corrected chi connectivity index (χ3v) is 3.87. The minimum Gasteiger partial charge on any atom is -0.337 e. The lowest BCUT2D eigenvalue weighted by Gasteiger charge is -2.30. The molecular weight excluding hydrogens is 264 g/mol. The van der Waals surface area contributed by atoms with Gasteiger partial charge in [-0.15, -0.1) is 0 Å². The summed E-state index contributed by atoms with van der Waals surface area (Å²) in [6.45, 7) is 4.13. The Bertz CT molecular complexity index is 429. The molecule has 1 aromatic heterocycles. The molecule has 0 aliphatic carbocycles. The van der Waals surface area contributed by atoms with Crippen LogP contribution in [0.15, 0.2) is 24.5 Å². The number of carbonyl (C=O) groups is 1. The molecule has 5 nitrogen and oxygen atoms in total. The fourth-order valence-corrected chi connectivity index (χ4v) is 2.62. The van der Waals surface area contributed by atoms with Gasteiger partial charge in [0, 0.05) is 38.6 Å². The van der Waals surface area contributed by atoms with Crippen LogP contribution in [-0.4, -0.2) is 61.0 Å². The van der Waals surface area contributed by atoms with Gasteiger partial charge in [0.1, 0.15) is 0 Å². The SMILES string of the molecule is CN(C)CCN(Cc1cccnc1)C(=O)C1CCCNC1. The number of carbonyl (C=O) groups excluding carboxylic acids is 1. The van der Waals surface area contributed by atoms with Crippen LogP contribution in [0, 0.1) is 5.92 Å². The largest absolute Gasteiger partial charge is 0.337 e. The number of nitrogens with one attached hydrogen (secondary N) is 1. The Morgan fingerprint density at radius 3 is 2.90 bits per heavy atom. The van der Waals surface area contributed by atoms with Crippen LogP contribution in [0.5, 0.6) is 0 Å². The summed E-state index contributed by atoms with van der Waals surface area (Å²) in [7, 11) is 4.07. The average Bonchev–Trinajstić information content (AvgIpc) is 2.52. The molecule has 0 saturated carbocycles. The first-order valence-corrected chi connectivity index (χ1v) is 7.70. The van der Waals surface area contributed by atoms with E-state index in [4.69, 9.17) is 0 Å². The molecule has 1 fully saturated rings. The van der Waals surface area contributed by atoms with E-state index >= 15 is 0 Å². The van der Waals surface area contributed by atoms with Crippen molar-refractivity contribution in [3.05, 3.63) is 30.1 Å². The number of aromatic nitrogens is 1. The summed E-state index contributed by atoms with van der Waals surface area (Å²) in [5, 5.41) is 3.33. The summed E-state index contributed by atoms with van der Waals surface area (Å²) in [5.74, 6) is 0.394. The zero-order chi connectivity index (χ0) is 15.1. The lowest BCUT2D eigenvalue weighted by molar-refractivity contribution is -0.136. The monoisotopic (exact) mass is 290 g/mol. The van der Waals surface area contributed by atoms with Gasteiger partial charge in [-0.3, -0.25) is 9.78 Å². The van der Waals surface area contributed by atoms with Gasteiger partial charge < -0.3 is 15.1 Å². The van der Waals surface area contributed by atoms with E-state index in [9.17, 15) is 4.79 Å². The molecule has 1 amide bonds. The number of likely N-dealkylation sites (N-methyl/N-ethyl adjacent to an activating group) is 1. The van der Waals surface area contributed by atoms with Crippen molar-refractivity contribution in [2.75, 3.05) is 40.3 Å². The highest BCUT2D eigenvalue weighted by molar-refractivity contribution is 5.79. The minimum absolute atomic E-state index is 0.123. The molecule has 1 aromatic rings. The summed E-state index contributed by atoms with van der Waals surface area (Å²) in [4.78, 5) is 21.0. The van der Waals surface area contributed by atoms with E-state index in [1.165, 1.54) is 0 Å². The fourth-order valence-electron chi connectivity index (χ4n) is 2.62. The number of rotatable bonds is 6. The highest BCUT2D eigenvalue weighted by Gasteiger charge is 2.25. The normalized spacial score (nSPS) is 18.7. The molecular formula is C16H26N4O. The van der Waals surface area contributed by atoms with Crippen molar-refractivity contribution in [2.45, 2.75) is 19.4 Å². The molecule has 2 heterocycles. The van der Waals surface area contributed by atoms with E-state index in [0.717, 1.165) is 44.6 Å². The number of amides is 1. The van der Waals surface area contributed by atoms with E-state index in [-0.39, 0.29) is 11.8 Å². The van der Waals surface area contributed by atoms with Gasteiger partial charge in [-0.1, -0.05) is 6.07 Å². The van der Waals surface area contributed by atoms with Gasteiger partial charge in [0.2, 0.25) is 5.91 Å². The Labute approximate surface area is 127 Å². The molecule has 5 heteroatoms. The molecule has 21 heavy (non-hydrogen) atoms. The topological polar surface area (TPSA) is 48.5 Å². The van der Waals surface area contributed by atoms with Crippen molar-refractivity contribution in [3.8, 4) is 0 Å². The molecule has 1 unspecified atom stereocenters. The van der Waals surface area contributed by atoms with Crippen LogP contribution >= 0.6 is 0 Å². The maximum absolute atomic E-state index is 12.8. The van der Waals surface area contributed by atoms with Crippen LogP contribution in [0.2, 0.25) is 0 Å². The average molecular weight is 290 g/mol. The highest BCUT2D eigenvalue weighted by Crippen LogP contribution is 2.15. The van der Waals surface area contributed by atoms with Gasteiger partial charge in [-0.2, -0.15) is 0 Å². The summed E-state index contributed by atoms with van der Waals surface area (Å²) in [5.41, 5.74) is 1.09. The zero-order valence-electron chi connectivity index (χ0n) is 13.1. The summed E-state index contributed by atoms with van der Waals surface area (Å²) in [6, 6.07) is 3.95. The van der Waals surface area contributed by atoms with E-state index in [0.29, 0.717) is 6.54 Å². The summed E-state index contributed by atoms with van der Waals surface area (Å²) in [6.07, 6.45) is 5.69. The van der Waals surface area contributed by atoms with E-state index in [2.05, 4.69) is 15.2 Å². The van der Waals surface area contributed by atoms with Crippen LogP contribution in [0.1, 0.15) is 18.4 Å². The van der Waals surface area contributed by atoms with Crippen molar-refractivity contribution in [2.24, 2.45) is 5.92 Å². The predicted octanol–water partition coefficient (Wildman–Crippen LogP) is 0.971. The Kier molecular flexibility index (Phi) is 6.14. The first kappa shape index (κ1) is 15.9. The molecule has 1 atom stereocenters. The summed E-state index contributed by atoms with van der Waals surface area (Å²) < 4.78 is 0. The Morgan fingerprint density at radius 2 is 2.29 bits per heavy atom. The molecule has 1 aliphatic heterocycles. The quantitative estimate of drug-likeness (QED) is 0.848. The number of pyridine rings is 1. The number of nitrogens with zero attached hydrogens (tertiary/aromatic N) is 3. The molecule has 0 radical (unpaired) electrons. The lowest BCUT2D eigenvalue weighted by atomic mass is 9.98. The van der Waals surface area contributed by atoms with Gasteiger partial charge in [-0.25, -0.2) is 0 Å². The molecule has 116 valence electrons. The van der Waals surface area contributed by atoms with Crippen LogP contribution < -0.4 is 5.32 Å². The molecule has 2 rings (SSSR count).